The molecule has 0 saturated heterocycles. The molecule has 1 rings (SSSR count). The average molecular weight is 221 g/mol. The molecule has 0 heterocycles. The number of aliphatic carboxylic acids is 1. The maximum absolute atomic E-state index is 10.3. The number of carboxylic acid groups (broad SMARTS) is 1. The molecule has 0 fully saturated rings. The smallest absolute Gasteiger partial charge is 0.303 e. The largest absolute Gasteiger partial charge is 0.481 e. The minimum atomic E-state index is -0.777. The first kappa shape index (κ1) is 12.0. The number of nitrogens with two attached hydrogens (primary N) is 2. The van der Waals surface area contributed by atoms with E-state index in [1.165, 1.54) is 0 Å². The van der Waals surface area contributed by atoms with Crippen molar-refractivity contribution in [2.45, 2.75) is 19.3 Å². The molecule has 86 valence electrons. The van der Waals surface area contributed by atoms with Crippen LogP contribution in [0, 0.1) is 0 Å². The number of aliphatic imine (C=N–C) groups is 1. The van der Waals surface area contributed by atoms with E-state index >= 15 is 0 Å². The van der Waals surface area contributed by atoms with Crippen molar-refractivity contribution in [2.75, 3.05) is 0 Å². The van der Waals surface area contributed by atoms with Gasteiger partial charge in [-0.25, -0.2) is 4.99 Å². The third-order valence-electron chi connectivity index (χ3n) is 2.02. The van der Waals surface area contributed by atoms with Crippen LogP contribution < -0.4 is 11.5 Å². The van der Waals surface area contributed by atoms with Crippen molar-refractivity contribution in [3.8, 4) is 0 Å². The van der Waals surface area contributed by atoms with E-state index in [0.29, 0.717) is 18.5 Å². The highest BCUT2D eigenvalue weighted by Gasteiger charge is 1.99. The Labute approximate surface area is 93.8 Å². The summed E-state index contributed by atoms with van der Waals surface area (Å²) in [6, 6.07) is 7.41. The van der Waals surface area contributed by atoms with E-state index in [0.717, 1.165) is 5.56 Å². The predicted molar refractivity (Wildman–Crippen MR) is 62.5 cm³/mol. The summed E-state index contributed by atoms with van der Waals surface area (Å²) in [5.74, 6) is -0.761. The lowest BCUT2D eigenvalue weighted by Crippen LogP contribution is -2.21. The minimum absolute atomic E-state index is 0.0164. The zero-order chi connectivity index (χ0) is 12.0. The maximum Gasteiger partial charge on any atom is 0.303 e. The van der Waals surface area contributed by atoms with Crippen LogP contribution in [0.25, 0.3) is 0 Å². The first-order valence-electron chi connectivity index (χ1n) is 4.98. The summed E-state index contributed by atoms with van der Waals surface area (Å²) < 4.78 is 0. The van der Waals surface area contributed by atoms with E-state index in [9.17, 15) is 4.79 Å². The van der Waals surface area contributed by atoms with Gasteiger partial charge in [-0.2, -0.15) is 0 Å². The fraction of sp³-hybridized carbons (Fsp3) is 0.273. The molecule has 0 aromatic heterocycles. The minimum Gasteiger partial charge on any atom is -0.481 e. The fourth-order valence-corrected chi connectivity index (χ4v) is 1.37. The Morgan fingerprint density at radius 2 is 2.12 bits per heavy atom. The summed E-state index contributed by atoms with van der Waals surface area (Å²) >= 11 is 0. The molecule has 1 aromatic carbocycles. The Balaban J connectivity index is 2.60. The van der Waals surface area contributed by atoms with E-state index in [1.807, 2.05) is 18.2 Å². The van der Waals surface area contributed by atoms with Crippen LogP contribution in [0.15, 0.2) is 29.3 Å². The van der Waals surface area contributed by atoms with Crippen LogP contribution in [0.3, 0.4) is 0 Å². The van der Waals surface area contributed by atoms with Crippen LogP contribution in [0.4, 0.5) is 5.69 Å². The van der Waals surface area contributed by atoms with E-state index in [2.05, 4.69) is 4.99 Å². The topological polar surface area (TPSA) is 102 Å². The van der Waals surface area contributed by atoms with Gasteiger partial charge in [0.1, 0.15) is 0 Å². The Hall–Kier alpha value is -2.04. The molecule has 16 heavy (non-hydrogen) atoms. The molecule has 5 nitrogen and oxygen atoms in total. The number of hydrogen-bond acceptors (Lipinski definition) is 2. The molecule has 1 aromatic rings. The van der Waals surface area contributed by atoms with Crippen LogP contribution >= 0.6 is 0 Å². The number of hydrogen-bond donors (Lipinski definition) is 3. The molecule has 0 unspecified atom stereocenters. The van der Waals surface area contributed by atoms with Gasteiger partial charge in [-0.05, 0) is 30.5 Å². The summed E-state index contributed by atoms with van der Waals surface area (Å²) in [6.07, 6.45) is 1.49. The third-order valence-corrected chi connectivity index (χ3v) is 2.02. The predicted octanol–water partition coefficient (Wildman–Crippen LogP) is 0.999. The number of aryl methyl sites for hydroxylation is 1. The van der Waals surface area contributed by atoms with Crippen LogP contribution in [-0.2, 0) is 11.2 Å². The molecular weight excluding hydrogens is 206 g/mol. The van der Waals surface area contributed by atoms with Gasteiger partial charge in [0.2, 0.25) is 0 Å². The van der Waals surface area contributed by atoms with Crippen molar-refractivity contribution >= 4 is 17.6 Å². The Kier molecular flexibility index (Phi) is 4.32. The molecule has 0 saturated carbocycles. The zero-order valence-electron chi connectivity index (χ0n) is 8.89. The summed E-state index contributed by atoms with van der Waals surface area (Å²) in [5.41, 5.74) is 12.2. The Morgan fingerprint density at radius 3 is 2.75 bits per heavy atom. The van der Waals surface area contributed by atoms with Crippen molar-refractivity contribution in [1.29, 1.82) is 0 Å². The monoisotopic (exact) mass is 221 g/mol. The second-order valence-electron chi connectivity index (χ2n) is 3.45. The molecule has 5 N–H and O–H groups in total. The van der Waals surface area contributed by atoms with Gasteiger partial charge in [0.25, 0.3) is 0 Å². The molecule has 0 aliphatic rings. The Bertz CT molecular complexity index is 398. The van der Waals surface area contributed by atoms with Crippen molar-refractivity contribution in [3.63, 3.8) is 0 Å². The van der Waals surface area contributed by atoms with Gasteiger partial charge in [0.05, 0.1) is 5.69 Å². The molecule has 0 aliphatic heterocycles. The van der Waals surface area contributed by atoms with Gasteiger partial charge < -0.3 is 16.6 Å². The summed E-state index contributed by atoms with van der Waals surface area (Å²) in [6.45, 7) is 0. The first-order chi connectivity index (χ1) is 7.58. The molecular formula is C11H15N3O2. The third kappa shape index (κ3) is 4.45. The van der Waals surface area contributed by atoms with Gasteiger partial charge in [-0.1, -0.05) is 12.1 Å². The van der Waals surface area contributed by atoms with Gasteiger partial charge in [-0.15, -0.1) is 0 Å². The number of carbonyl (C=O) groups is 1. The van der Waals surface area contributed by atoms with Crippen LogP contribution in [0.2, 0.25) is 0 Å². The summed E-state index contributed by atoms with van der Waals surface area (Å²) in [5, 5.41) is 8.51. The fourth-order valence-electron chi connectivity index (χ4n) is 1.37. The SMILES string of the molecule is NC(N)=Nc1cccc(CCCC(=O)O)c1. The summed E-state index contributed by atoms with van der Waals surface area (Å²) in [4.78, 5) is 14.3. The van der Waals surface area contributed by atoms with Gasteiger partial charge >= 0.3 is 5.97 Å². The average Bonchev–Trinajstić information content (AvgIpc) is 2.16. The van der Waals surface area contributed by atoms with E-state index in [4.69, 9.17) is 16.6 Å². The van der Waals surface area contributed by atoms with Crippen molar-refractivity contribution in [1.82, 2.24) is 0 Å². The van der Waals surface area contributed by atoms with E-state index in [1.54, 1.807) is 6.07 Å². The highest BCUT2D eigenvalue weighted by Crippen LogP contribution is 2.15. The van der Waals surface area contributed by atoms with Gasteiger partial charge in [0, 0.05) is 6.42 Å². The van der Waals surface area contributed by atoms with Crippen LogP contribution in [0.1, 0.15) is 18.4 Å². The first-order valence-corrected chi connectivity index (χ1v) is 4.98. The maximum atomic E-state index is 10.3. The molecule has 0 bridgehead atoms. The lowest BCUT2D eigenvalue weighted by Gasteiger charge is -2.01. The molecule has 0 spiro atoms. The van der Waals surface area contributed by atoms with Gasteiger partial charge in [0.15, 0.2) is 5.96 Å². The molecule has 0 atom stereocenters. The highest BCUT2D eigenvalue weighted by atomic mass is 16.4. The van der Waals surface area contributed by atoms with Crippen molar-refractivity contribution < 1.29 is 9.90 Å². The number of benzene rings is 1. The quantitative estimate of drug-likeness (QED) is 0.510. The number of guanidine groups is 1. The van der Waals surface area contributed by atoms with E-state index in [-0.39, 0.29) is 12.4 Å². The second kappa shape index (κ2) is 5.75. The molecule has 5 heteroatoms. The number of nitrogens with zero attached hydrogens (tertiary/aromatic N) is 1. The van der Waals surface area contributed by atoms with Crippen LogP contribution in [0.5, 0.6) is 0 Å². The Morgan fingerprint density at radius 1 is 1.38 bits per heavy atom. The lowest BCUT2D eigenvalue weighted by molar-refractivity contribution is -0.137. The van der Waals surface area contributed by atoms with E-state index < -0.39 is 5.97 Å². The lowest BCUT2D eigenvalue weighted by atomic mass is 10.1. The van der Waals surface area contributed by atoms with Crippen LogP contribution in [-0.4, -0.2) is 17.0 Å². The van der Waals surface area contributed by atoms with Crippen molar-refractivity contribution in [2.24, 2.45) is 16.5 Å². The molecule has 0 amide bonds. The molecule has 0 radical (unpaired) electrons. The summed E-state index contributed by atoms with van der Waals surface area (Å²) in [7, 11) is 0. The normalized spacial score (nSPS) is 9.75. The molecule has 0 aliphatic carbocycles. The van der Waals surface area contributed by atoms with Crippen molar-refractivity contribution in [3.05, 3.63) is 29.8 Å². The highest BCUT2D eigenvalue weighted by molar-refractivity contribution is 5.79. The van der Waals surface area contributed by atoms with Gasteiger partial charge in [-0.3, -0.25) is 4.79 Å². The number of carboxylic acids is 1. The number of rotatable bonds is 5. The second-order valence-corrected chi connectivity index (χ2v) is 3.45. The standard InChI is InChI=1S/C11H15N3O2/c12-11(13)14-9-5-1-3-8(7-9)4-2-6-10(15)16/h1,3,5,7H,2,4,6H2,(H,15,16)(H4,12,13,14). The zero-order valence-corrected chi connectivity index (χ0v) is 8.89.